The minimum atomic E-state index is -0.405. The van der Waals surface area contributed by atoms with Gasteiger partial charge in [-0.1, -0.05) is 54.1 Å². The number of hydrazone groups is 1. The number of para-hydroxylation sites is 2. The second-order valence-electron chi connectivity index (χ2n) is 7.60. The summed E-state index contributed by atoms with van der Waals surface area (Å²) in [5.41, 5.74) is 5.49. The molecule has 2 aliphatic heterocycles. The molecule has 2 atom stereocenters. The summed E-state index contributed by atoms with van der Waals surface area (Å²) in [7, 11) is 3.30. The first-order chi connectivity index (χ1) is 14.7. The van der Waals surface area contributed by atoms with E-state index < -0.39 is 6.23 Å². The Bertz CT molecular complexity index is 1110. The average Bonchev–Trinajstić information content (AvgIpc) is 3.24. The first-order valence-corrected chi connectivity index (χ1v) is 10.1. The summed E-state index contributed by atoms with van der Waals surface area (Å²) in [6.07, 6.45) is 0.421. The number of rotatable bonds is 4. The number of methoxy groups -OCH3 is 2. The van der Waals surface area contributed by atoms with Crippen LogP contribution >= 0.6 is 0 Å². The third kappa shape index (κ3) is 2.98. The molecule has 3 aromatic rings. The summed E-state index contributed by atoms with van der Waals surface area (Å²) >= 11 is 0. The number of ether oxygens (including phenoxy) is 3. The lowest BCUT2D eigenvalue weighted by Gasteiger charge is -2.38. The van der Waals surface area contributed by atoms with Gasteiger partial charge >= 0.3 is 0 Å². The minimum absolute atomic E-state index is 0.104. The van der Waals surface area contributed by atoms with Crippen LogP contribution in [0, 0.1) is 6.92 Å². The van der Waals surface area contributed by atoms with Gasteiger partial charge in [0.25, 0.3) is 0 Å². The van der Waals surface area contributed by atoms with Crippen LogP contribution in [0.3, 0.4) is 0 Å². The van der Waals surface area contributed by atoms with E-state index >= 15 is 0 Å². The molecular formula is C25H24N2O3. The maximum Gasteiger partial charge on any atom is 0.217 e. The third-order valence-electron chi connectivity index (χ3n) is 5.78. The number of aryl methyl sites for hydroxylation is 1. The van der Waals surface area contributed by atoms with E-state index in [4.69, 9.17) is 19.3 Å². The normalized spacial score (nSPS) is 19.4. The monoisotopic (exact) mass is 400 g/mol. The lowest BCUT2D eigenvalue weighted by Crippen LogP contribution is -2.34. The summed E-state index contributed by atoms with van der Waals surface area (Å²) in [6.45, 7) is 2.10. The fourth-order valence-electron chi connectivity index (χ4n) is 4.27. The molecule has 5 rings (SSSR count). The van der Waals surface area contributed by atoms with Gasteiger partial charge in [0, 0.05) is 12.0 Å². The summed E-state index contributed by atoms with van der Waals surface area (Å²) < 4.78 is 17.7. The van der Waals surface area contributed by atoms with Crippen molar-refractivity contribution in [2.75, 3.05) is 14.2 Å². The first-order valence-electron chi connectivity index (χ1n) is 10.1. The molecule has 0 bridgehead atoms. The molecule has 3 aromatic carbocycles. The van der Waals surface area contributed by atoms with E-state index in [-0.39, 0.29) is 6.04 Å². The Kier molecular flexibility index (Phi) is 4.58. The maximum atomic E-state index is 6.46. The topological polar surface area (TPSA) is 43.3 Å². The van der Waals surface area contributed by atoms with E-state index in [1.807, 2.05) is 30.3 Å². The van der Waals surface area contributed by atoms with Crippen molar-refractivity contribution in [2.45, 2.75) is 25.6 Å². The third-order valence-corrected chi connectivity index (χ3v) is 5.78. The van der Waals surface area contributed by atoms with Gasteiger partial charge in [0.2, 0.25) is 6.23 Å². The molecule has 2 heterocycles. The van der Waals surface area contributed by atoms with Gasteiger partial charge in [-0.15, -0.1) is 0 Å². The van der Waals surface area contributed by atoms with Crippen molar-refractivity contribution in [3.8, 4) is 17.2 Å². The molecule has 0 aromatic heterocycles. The fourth-order valence-corrected chi connectivity index (χ4v) is 4.27. The Labute approximate surface area is 176 Å². The fraction of sp³-hybridized carbons (Fsp3) is 0.240. The predicted molar refractivity (Wildman–Crippen MR) is 116 cm³/mol. The molecule has 5 heteroatoms. The SMILES string of the molecule is COc1cccc([C@H]2Oc3ccccc3[C@H]3CC(c4ccc(C)cc4)=NN32)c1OC. The summed E-state index contributed by atoms with van der Waals surface area (Å²) in [5.74, 6) is 2.23. The van der Waals surface area contributed by atoms with Gasteiger partial charge in [-0.3, -0.25) is 0 Å². The van der Waals surface area contributed by atoms with Crippen LogP contribution in [0.15, 0.2) is 71.8 Å². The van der Waals surface area contributed by atoms with Gasteiger partial charge < -0.3 is 14.2 Å². The van der Waals surface area contributed by atoms with Crippen molar-refractivity contribution < 1.29 is 14.2 Å². The van der Waals surface area contributed by atoms with Gasteiger partial charge in [0.05, 0.1) is 31.5 Å². The number of fused-ring (bicyclic) bond motifs is 3. The Balaban J connectivity index is 1.62. The van der Waals surface area contributed by atoms with Crippen LogP contribution in [0.2, 0.25) is 0 Å². The van der Waals surface area contributed by atoms with E-state index in [0.29, 0.717) is 11.5 Å². The van der Waals surface area contributed by atoms with Crippen LogP contribution in [0.25, 0.3) is 0 Å². The van der Waals surface area contributed by atoms with Crippen molar-refractivity contribution in [1.82, 2.24) is 5.01 Å². The lowest BCUT2D eigenvalue weighted by molar-refractivity contribution is -0.0205. The molecule has 30 heavy (non-hydrogen) atoms. The minimum Gasteiger partial charge on any atom is -0.493 e. The van der Waals surface area contributed by atoms with Crippen molar-refractivity contribution in [2.24, 2.45) is 5.10 Å². The van der Waals surface area contributed by atoms with Gasteiger partial charge in [0.1, 0.15) is 5.75 Å². The second-order valence-corrected chi connectivity index (χ2v) is 7.60. The number of benzene rings is 3. The molecule has 0 spiro atoms. The Hall–Kier alpha value is -3.47. The zero-order valence-electron chi connectivity index (χ0n) is 17.3. The van der Waals surface area contributed by atoms with Gasteiger partial charge in [-0.2, -0.15) is 5.10 Å². The van der Waals surface area contributed by atoms with Crippen molar-refractivity contribution in [3.63, 3.8) is 0 Å². The maximum absolute atomic E-state index is 6.46. The summed E-state index contributed by atoms with van der Waals surface area (Å²) in [6, 6.07) is 22.7. The number of nitrogens with zero attached hydrogens (tertiary/aromatic N) is 2. The van der Waals surface area contributed by atoms with Crippen LogP contribution in [0.1, 0.15) is 40.9 Å². The molecule has 2 aliphatic rings. The van der Waals surface area contributed by atoms with Crippen LogP contribution in [-0.4, -0.2) is 24.9 Å². The van der Waals surface area contributed by atoms with Crippen LogP contribution < -0.4 is 14.2 Å². The Morgan fingerprint density at radius 3 is 2.43 bits per heavy atom. The molecule has 0 radical (unpaired) electrons. The summed E-state index contributed by atoms with van der Waals surface area (Å²) in [4.78, 5) is 0. The zero-order chi connectivity index (χ0) is 20.7. The smallest absolute Gasteiger partial charge is 0.217 e. The highest BCUT2D eigenvalue weighted by atomic mass is 16.5. The first kappa shape index (κ1) is 18.6. The zero-order valence-corrected chi connectivity index (χ0v) is 17.3. The van der Waals surface area contributed by atoms with Crippen molar-refractivity contribution in [3.05, 3.63) is 89.0 Å². The lowest BCUT2D eigenvalue weighted by atomic mass is 9.95. The molecule has 152 valence electrons. The van der Waals surface area contributed by atoms with E-state index in [1.54, 1.807) is 14.2 Å². The van der Waals surface area contributed by atoms with Crippen LogP contribution in [0.4, 0.5) is 0 Å². The Morgan fingerprint density at radius 2 is 1.67 bits per heavy atom. The second kappa shape index (κ2) is 7.41. The van der Waals surface area contributed by atoms with Gasteiger partial charge in [-0.25, -0.2) is 5.01 Å². The van der Waals surface area contributed by atoms with Gasteiger partial charge in [0.15, 0.2) is 11.5 Å². The summed E-state index contributed by atoms with van der Waals surface area (Å²) in [5, 5.41) is 7.09. The average molecular weight is 400 g/mol. The van der Waals surface area contributed by atoms with Gasteiger partial charge in [-0.05, 0) is 30.7 Å². The Morgan fingerprint density at radius 1 is 0.900 bits per heavy atom. The molecule has 0 saturated carbocycles. The molecule has 5 nitrogen and oxygen atoms in total. The van der Waals surface area contributed by atoms with Crippen LogP contribution in [-0.2, 0) is 0 Å². The number of hydrogen-bond acceptors (Lipinski definition) is 5. The molecule has 0 amide bonds. The quantitative estimate of drug-likeness (QED) is 0.600. The predicted octanol–water partition coefficient (Wildman–Crippen LogP) is 5.25. The molecule has 0 saturated heterocycles. The van der Waals surface area contributed by atoms with E-state index in [0.717, 1.165) is 34.6 Å². The van der Waals surface area contributed by atoms with E-state index in [2.05, 4.69) is 48.3 Å². The molecule has 0 aliphatic carbocycles. The molecule has 0 fully saturated rings. The highest BCUT2D eigenvalue weighted by molar-refractivity contribution is 6.02. The highest BCUT2D eigenvalue weighted by Crippen LogP contribution is 2.49. The molecule has 0 unspecified atom stereocenters. The number of hydrogen-bond donors (Lipinski definition) is 0. The molecule has 0 N–H and O–H groups in total. The van der Waals surface area contributed by atoms with Crippen LogP contribution in [0.5, 0.6) is 17.2 Å². The standard InChI is InChI=1S/C25H24N2O3/c1-16-11-13-17(14-12-16)20-15-21-18-7-4-5-9-22(18)30-25(27(21)26-20)19-8-6-10-23(28-2)24(19)29-3/h4-14,21,25H,15H2,1-3H3/t21-,25-/m1/s1. The van der Waals surface area contributed by atoms with E-state index in [9.17, 15) is 0 Å². The largest absolute Gasteiger partial charge is 0.493 e. The molecular weight excluding hydrogens is 376 g/mol. The van der Waals surface area contributed by atoms with Crippen molar-refractivity contribution >= 4 is 5.71 Å². The van der Waals surface area contributed by atoms with E-state index in [1.165, 1.54) is 5.56 Å². The van der Waals surface area contributed by atoms with Crippen molar-refractivity contribution in [1.29, 1.82) is 0 Å². The highest BCUT2D eigenvalue weighted by Gasteiger charge is 2.42.